The van der Waals surface area contributed by atoms with E-state index in [2.05, 4.69) is 36.2 Å². The molecule has 9 heteroatoms. The van der Waals surface area contributed by atoms with Crippen LogP contribution in [0.4, 0.5) is 10.1 Å². The van der Waals surface area contributed by atoms with Gasteiger partial charge in [-0.3, -0.25) is 14.6 Å². The summed E-state index contributed by atoms with van der Waals surface area (Å²) in [6.45, 7) is 3.61. The number of rotatable bonds is 5. The van der Waals surface area contributed by atoms with E-state index in [1.54, 1.807) is 43.5 Å². The number of nitrogens with one attached hydrogen (secondary N) is 2. The third kappa shape index (κ3) is 4.99. The number of aromatic amines is 1. The van der Waals surface area contributed by atoms with Gasteiger partial charge in [-0.25, -0.2) is 9.37 Å². The van der Waals surface area contributed by atoms with Crippen molar-refractivity contribution in [2.24, 2.45) is 0 Å². The minimum atomic E-state index is -0.566. The molecule has 2 aromatic carbocycles. The maximum Gasteiger partial charge on any atom is 0.261 e. The number of carbonyl (C=O) groups is 1. The Morgan fingerprint density at radius 1 is 1.05 bits per heavy atom. The fraction of sp³-hybridized carbons (Fsp3) is 0.0714. The molecule has 0 saturated heterocycles. The van der Waals surface area contributed by atoms with E-state index in [1.807, 2.05) is 13.0 Å². The van der Waals surface area contributed by atoms with Crippen LogP contribution in [-0.2, 0) is 0 Å². The summed E-state index contributed by atoms with van der Waals surface area (Å²) in [5.74, 6) is 0.121. The number of amides is 1. The van der Waals surface area contributed by atoms with Gasteiger partial charge in [-0.2, -0.15) is 0 Å². The van der Waals surface area contributed by atoms with Crippen molar-refractivity contribution < 1.29 is 13.9 Å². The Morgan fingerprint density at radius 2 is 1.78 bits per heavy atom. The summed E-state index contributed by atoms with van der Waals surface area (Å²) in [5.41, 5.74) is 3.55. The van der Waals surface area contributed by atoms with Crippen LogP contribution in [0.3, 0.4) is 0 Å². The summed E-state index contributed by atoms with van der Waals surface area (Å²) >= 11 is 3.47. The number of aryl methyl sites for hydroxylation is 2. The number of benzene rings is 2. The van der Waals surface area contributed by atoms with E-state index in [0.29, 0.717) is 45.0 Å². The molecule has 5 aromatic rings. The van der Waals surface area contributed by atoms with Gasteiger partial charge in [-0.15, -0.1) is 0 Å². The highest BCUT2D eigenvalue weighted by molar-refractivity contribution is 9.10. The van der Waals surface area contributed by atoms with Gasteiger partial charge in [0.15, 0.2) is 5.75 Å². The number of hydrogen-bond donors (Lipinski definition) is 2. The first kappa shape index (κ1) is 24.3. The standard InChI is InChI=1S/C28H20BrFN4O3/c1-15-22(29)13-23-26(33-15)24(11-12-31-23)37-20-9-7-19(8-10-20)34-28(36)21-14-32-16(2)25(27(21)35)17-3-5-18(30)6-4-17/h3-14H,1-2H3,(H,32,35)(H,34,36). The molecule has 5 rings (SSSR count). The SMILES string of the molecule is Cc1nc2c(Oc3ccc(NC(=O)c4c[nH]c(C)c(-c5ccc(F)cc5)c4=O)cc3)ccnc2cc1Br. The average molecular weight is 559 g/mol. The number of carbonyl (C=O) groups excluding carboxylic acids is 1. The summed E-state index contributed by atoms with van der Waals surface area (Å²) in [7, 11) is 0. The molecule has 1 amide bonds. The van der Waals surface area contributed by atoms with Gasteiger partial charge < -0.3 is 15.0 Å². The molecular weight excluding hydrogens is 539 g/mol. The molecule has 0 radical (unpaired) electrons. The minimum absolute atomic E-state index is 0.0545. The highest BCUT2D eigenvalue weighted by Crippen LogP contribution is 2.30. The van der Waals surface area contributed by atoms with Crippen LogP contribution in [0.2, 0.25) is 0 Å². The van der Waals surface area contributed by atoms with Crippen LogP contribution in [0.5, 0.6) is 11.5 Å². The van der Waals surface area contributed by atoms with E-state index in [1.165, 1.54) is 30.5 Å². The first-order chi connectivity index (χ1) is 17.8. The Labute approximate surface area is 219 Å². The van der Waals surface area contributed by atoms with Crippen LogP contribution < -0.4 is 15.5 Å². The first-order valence-electron chi connectivity index (χ1n) is 11.3. The van der Waals surface area contributed by atoms with Crippen molar-refractivity contribution in [3.63, 3.8) is 0 Å². The molecule has 0 saturated carbocycles. The summed E-state index contributed by atoms with van der Waals surface area (Å²) in [6, 6.07) is 15.9. The molecule has 0 aliphatic heterocycles. The quantitative estimate of drug-likeness (QED) is 0.255. The van der Waals surface area contributed by atoms with Crippen molar-refractivity contribution in [3.8, 4) is 22.6 Å². The summed E-state index contributed by atoms with van der Waals surface area (Å²) in [4.78, 5) is 37.9. The van der Waals surface area contributed by atoms with Crippen LogP contribution in [0.15, 0.2) is 82.3 Å². The first-order valence-corrected chi connectivity index (χ1v) is 12.1. The molecule has 0 spiro atoms. The zero-order valence-corrected chi connectivity index (χ0v) is 21.4. The summed E-state index contributed by atoms with van der Waals surface area (Å²) in [5, 5.41) is 2.74. The van der Waals surface area contributed by atoms with E-state index in [4.69, 9.17) is 4.74 Å². The van der Waals surface area contributed by atoms with E-state index < -0.39 is 17.2 Å². The molecule has 7 nitrogen and oxygen atoms in total. The second kappa shape index (κ2) is 9.94. The molecule has 37 heavy (non-hydrogen) atoms. The van der Waals surface area contributed by atoms with Gasteiger partial charge in [0.1, 0.15) is 22.6 Å². The second-order valence-electron chi connectivity index (χ2n) is 8.35. The number of nitrogens with zero attached hydrogens (tertiary/aromatic N) is 2. The minimum Gasteiger partial charge on any atom is -0.455 e. The number of hydrogen-bond acceptors (Lipinski definition) is 5. The molecular formula is C28H20BrFN4O3. The van der Waals surface area contributed by atoms with Crippen LogP contribution >= 0.6 is 15.9 Å². The number of anilines is 1. The van der Waals surface area contributed by atoms with E-state index in [0.717, 1.165) is 10.2 Å². The maximum absolute atomic E-state index is 13.3. The number of pyridine rings is 3. The van der Waals surface area contributed by atoms with Gasteiger partial charge in [0.25, 0.3) is 5.91 Å². The van der Waals surface area contributed by atoms with Crippen LogP contribution in [0.1, 0.15) is 21.7 Å². The molecule has 0 aliphatic rings. The Morgan fingerprint density at radius 3 is 2.51 bits per heavy atom. The van der Waals surface area contributed by atoms with Crippen molar-refractivity contribution in [1.29, 1.82) is 0 Å². The second-order valence-corrected chi connectivity index (χ2v) is 9.21. The Kier molecular flexibility index (Phi) is 6.54. The van der Waals surface area contributed by atoms with E-state index in [9.17, 15) is 14.0 Å². The summed E-state index contributed by atoms with van der Waals surface area (Å²) in [6.07, 6.45) is 3.02. The lowest BCUT2D eigenvalue weighted by Gasteiger charge is -2.11. The van der Waals surface area contributed by atoms with Crippen molar-refractivity contribution in [2.75, 3.05) is 5.32 Å². The van der Waals surface area contributed by atoms with Crippen molar-refractivity contribution in [3.05, 3.63) is 111 Å². The lowest BCUT2D eigenvalue weighted by Crippen LogP contribution is -2.23. The van der Waals surface area contributed by atoms with Crippen molar-refractivity contribution in [1.82, 2.24) is 15.0 Å². The van der Waals surface area contributed by atoms with Gasteiger partial charge in [0.05, 0.1) is 11.2 Å². The van der Waals surface area contributed by atoms with Crippen LogP contribution in [-0.4, -0.2) is 20.9 Å². The fourth-order valence-corrected chi connectivity index (χ4v) is 4.19. The van der Waals surface area contributed by atoms with Crippen LogP contribution in [0, 0.1) is 19.7 Å². The highest BCUT2D eigenvalue weighted by atomic mass is 79.9. The maximum atomic E-state index is 13.3. The number of aromatic nitrogens is 3. The Balaban J connectivity index is 1.36. The van der Waals surface area contributed by atoms with Gasteiger partial charge >= 0.3 is 0 Å². The van der Waals surface area contributed by atoms with Gasteiger partial charge in [-0.05, 0) is 77.8 Å². The smallest absolute Gasteiger partial charge is 0.261 e. The number of halogens is 2. The number of fused-ring (bicyclic) bond motifs is 1. The van der Waals surface area contributed by atoms with Gasteiger partial charge in [0, 0.05) is 39.9 Å². The zero-order chi connectivity index (χ0) is 26.1. The molecule has 2 N–H and O–H groups in total. The summed E-state index contributed by atoms with van der Waals surface area (Å²) < 4.78 is 20.2. The number of ether oxygens (including phenoxy) is 1. The fourth-order valence-electron chi connectivity index (χ4n) is 3.89. The monoisotopic (exact) mass is 558 g/mol. The van der Waals surface area contributed by atoms with Crippen LogP contribution in [0.25, 0.3) is 22.2 Å². The molecule has 0 fully saturated rings. The Bertz CT molecular complexity index is 1700. The predicted molar refractivity (Wildman–Crippen MR) is 144 cm³/mol. The molecule has 184 valence electrons. The van der Waals surface area contributed by atoms with Gasteiger partial charge in [0.2, 0.25) is 5.43 Å². The van der Waals surface area contributed by atoms with E-state index >= 15 is 0 Å². The molecule has 3 heterocycles. The van der Waals surface area contributed by atoms with Crippen molar-refractivity contribution in [2.45, 2.75) is 13.8 Å². The lowest BCUT2D eigenvalue weighted by atomic mass is 10.0. The largest absolute Gasteiger partial charge is 0.455 e. The molecule has 0 bridgehead atoms. The molecule has 0 aliphatic carbocycles. The zero-order valence-electron chi connectivity index (χ0n) is 19.8. The third-order valence-corrected chi connectivity index (χ3v) is 6.60. The van der Waals surface area contributed by atoms with E-state index in [-0.39, 0.29) is 5.56 Å². The molecule has 0 atom stereocenters. The predicted octanol–water partition coefficient (Wildman–Crippen LogP) is 6.55. The molecule has 0 unspecified atom stereocenters. The normalized spacial score (nSPS) is 10.9. The average Bonchev–Trinajstić information content (AvgIpc) is 2.87. The third-order valence-electron chi connectivity index (χ3n) is 5.80. The molecule has 3 aromatic heterocycles. The number of H-pyrrole nitrogens is 1. The lowest BCUT2D eigenvalue weighted by molar-refractivity contribution is 0.102. The van der Waals surface area contributed by atoms with Crippen molar-refractivity contribution >= 4 is 38.6 Å². The Hall–Kier alpha value is -4.37. The van der Waals surface area contributed by atoms with Gasteiger partial charge in [-0.1, -0.05) is 12.1 Å². The topological polar surface area (TPSA) is 97.0 Å². The highest BCUT2D eigenvalue weighted by Gasteiger charge is 2.17.